The Morgan fingerprint density at radius 3 is 3.08 bits per heavy atom. The predicted molar refractivity (Wildman–Crippen MR) is 46.9 cm³/mol. The third-order valence-electron chi connectivity index (χ3n) is 1.63. The van der Waals surface area contributed by atoms with E-state index in [9.17, 15) is 0 Å². The Hall–Kier alpha value is -1.06. The van der Waals surface area contributed by atoms with Crippen LogP contribution < -0.4 is 5.73 Å². The number of furan rings is 1. The molecule has 0 saturated carbocycles. The van der Waals surface area contributed by atoms with Gasteiger partial charge in [0, 0.05) is 24.2 Å². The fraction of sp³-hybridized carbons (Fsp3) is 0.125. The van der Waals surface area contributed by atoms with Crippen molar-refractivity contribution in [1.29, 1.82) is 0 Å². The van der Waals surface area contributed by atoms with Crippen LogP contribution in [0.2, 0.25) is 5.22 Å². The summed E-state index contributed by atoms with van der Waals surface area (Å²) in [7, 11) is 0. The van der Waals surface area contributed by atoms with E-state index in [2.05, 4.69) is 4.98 Å². The molecule has 2 rings (SSSR count). The zero-order valence-corrected chi connectivity index (χ0v) is 7.01. The second-order valence-corrected chi connectivity index (χ2v) is 2.87. The van der Waals surface area contributed by atoms with Crippen molar-refractivity contribution in [3.63, 3.8) is 0 Å². The van der Waals surface area contributed by atoms with Crippen molar-refractivity contribution in [2.75, 3.05) is 0 Å². The molecule has 0 aliphatic rings. The Morgan fingerprint density at radius 1 is 1.50 bits per heavy atom. The number of halogens is 1. The van der Waals surface area contributed by atoms with Crippen LogP contribution in [0.1, 0.15) is 5.56 Å². The van der Waals surface area contributed by atoms with Crippen molar-refractivity contribution >= 4 is 22.7 Å². The lowest BCUT2D eigenvalue weighted by molar-refractivity contribution is 0.605. The minimum absolute atomic E-state index is 0.353. The molecule has 0 fully saturated rings. The van der Waals surface area contributed by atoms with Crippen LogP contribution in [-0.2, 0) is 6.54 Å². The molecule has 0 atom stereocenters. The summed E-state index contributed by atoms with van der Waals surface area (Å²) in [5, 5.41) is 1.25. The van der Waals surface area contributed by atoms with Crippen LogP contribution >= 0.6 is 11.6 Å². The molecule has 62 valence electrons. The van der Waals surface area contributed by atoms with E-state index < -0.39 is 0 Å². The molecule has 0 amide bonds. The SMILES string of the molecule is NCc1cnc2oc(Cl)cc2c1. The van der Waals surface area contributed by atoms with Gasteiger partial charge >= 0.3 is 0 Å². The van der Waals surface area contributed by atoms with Gasteiger partial charge in [-0.15, -0.1) is 0 Å². The summed E-state index contributed by atoms with van der Waals surface area (Å²) < 4.78 is 5.08. The monoisotopic (exact) mass is 182 g/mol. The zero-order chi connectivity index (χ0) is 8.55. The molecule has 2 heterocycles. The van der Waals surface area contributed by atoms with Crippen molar-refractivity contribution in [2.45, 2.75) is 6.54 Å². The molecule has 0 radical (unpaired) electrons. The first-order valence-electron chi connectivity index (χ1n) is 3.53. The third kappa shape index (κ3) is 1.17. The fourth-order valence-corrected chi connectivity index (χ4v) is 1.25. The van der Waals surface area contributed by atoms with Gasteiger partial charge in [-0.05, 0) is 23.2 Å². The number of fused-ring (bicyclic) bond motifs is 1. The quantitative estimate of drug-likeness (QED) is 0.734. The highest BCUT2D eigenvalue weighted by Crippen LogP contribution is 2.21. The Bertz CT molecular complexity index is 410. The van der Waals surface area contributed by atoms with Crippen LogP contribution in [0, 0.1) is 0 Å². The smallest absolute Gasteiger partial charge is 0.228 e. The van der Waals surface area contributed by atoms with E-state index in [-0.39, 0.29) is 0 Å². The zero-order valence-electron chi connectivity index (χ0n) is 6.25. The van der Waals surface area contributed by atoms with Gasteiger partial charge in [-0.2, -0.15) is 0 Å². The van der Waals surface area contributed by atoms with Gasteiger partial charge in [0.2, 0.25) is 5.71 Å². The van der Waals surface area contributed by atoms with Gasteiger partial charge in [-0.1, -0.05) is 0 Å². The van der Waals surface area contributed by atoms with Crippen molar-refractivity contribution in [3.8, 4) is 0 Å². The molecule has 4 heteroatoms. The second kappa shape index (κ2) is 2.77. The number of rotatable bonds is 1. The van der Waals surface area contributed by atoms with Gasteiger partial charge in [0.1, 0.15) is 0 Å². The lowest BCUT2D eigenvalue weighted by Crippen LogP contribution is -1.95. The average molecular weight is 183 g/mol. The summed E-state index contributed by atoms with van der Waals surface area (Å²) in [5.41, 5.74) is 6.97. The van der Waals surface area contributed by atoms with Gasteiger partial charge in [0.05, 0.1) is 0 Å². The van der Waals surface area contributed by atoms with Gasteiger partial charge in [0.25, 0.3) is 0 Å². The highest BCUT2D eigenvalue weighted by Gasteiger charge is 2.02. The van der Waals surface area contributed by atoms with Crippen LogP contribution in [0.3, 0.4) is 0 Å². The molecule has 0 spiro atoms. The maximum absolute atomic E-state index is 5.64. The largest absolute Gasteiger partial charge is 0.426 e. The van der Waals surface area contributed by atoms with Crippen LogP contribution in [0.5, 0.6) is 0 Å². The highest BCUT2D eigenvalue weighted by molar-refractivity contribution is 6.29. The van der Waals surface area contributed by atoms with E-state index in [0.29, 0.717) is 17.5 Å². The molecule has 0 aromatic carbocycles. The van der Waals surface area contributed by atoms with Gasteiger partial charge in [-0.25, -0.2) is 4.98 Å². The lowest BCUT2D eigenvalue weighted by atomic mass is 10.2. The fourth-order valence-electron chi connectivity index (χ4n) is 1.06. The van der Waals surface area contributed by atoms with Crippen molar-refractivity contribution in [2.24, 2.45) is 5.73 Å². The molecule has 3 nitrogen and oxygen atoms in total. The maximum atomic E-state index is 5.64. The maximum Gasteiger partial charge on any atom is 0.228 e. The molecule has 0 saturated heterocycles. The van der Waals surface area contributed by atoms with E-state index >= 15 is 0 Å². The number of nitrogens with zero attached hydrogens (tertiary/aromatic N) is 1. The summed E-state index contributed by atoms with van der Waals surface area (Å²) in [6, 6.07) is 3.64. The molecule has 2 N–H and O–H groups in total. The van der Waals surface area contributed by atoms with Crippen LogP contribution in [0.4, 0.5) is 0 Å². The highest BCUT2D eigenvalue weighted by atomic mass is 35.5. The lowest BCUT2D eigenvalue weighted by Gasteiger charge is -1.92. The van der Waals surface area contributed by atoms with Crippen LogP contribution in [-0.4, -0.2) is 4.98 Å². The molecular weight excluding hydrogens is 176 g/mol. The van der Waals surface area contributed by atoms with Gasteiger partial charge in [0.15, 0.2) is 5.22 Å². The first-order chi connectivity index (χ1) is 5.79. The van der Waals surface area contributed by atoms with Gasteiger partial charge in [-0.3, -0.25) is 0 Å². The number of pyridine rings is 1. The molecule has 0 unspecified atom stereocenters. The van der Waals surface area contributed by atoms with Crippen molar-refractivity contribution in [1.82, 2.24) is 4.98 Å². The van der Waals surface area contributed by atoms with Crippen LogP contribution in [0.25, 0.3) is 11.1 Å². The van der Waals surface area contributed by atoms with Crippen LogP contribution in [0.15, 0.2) is 22.7 Å². The van der Waals surface area contributed by atoms with Crippen molar-refractivity contribution < 1.29 is 4.42 Å². The molecule has 2 aromatic rings. The minimum atomic E-state index is 0.353. The predicted octanol–water partition coefficient (Wildman–Crippen LogP) is 1.94. The van der Waals surface area contributed by atoms with Gasteiger partial charge < -0.3 is 10.2 Å². The number of hydrogen-bond acceptors (Lipinski definition) is 3. The van der Waals surface area contributed by atoms with E-state index in [0.717, 1.165) is 10.9 Å². The van der Waals surface area contributed by atoms with E-state index in [1.165, 1.54) is 0 Å². The van der Waals surface area contributed by atoms with E-state index in [4.69, 9.17) is 21.8 Å². The van der Waals surface area contributed by atoms with E-state index in [1.54, 1.807) is 12.3 Å². The molecule has 0 aliphatic carbocycles. The number of hydrogen-bond donors (Lipinski definition) is 1. The Labute approximate surface area is 74.1 Å². The average Bonchev–Trinajstić information content (AvgIpc) is 2.43. The summed E-state index contributed by atoms with van der Waals surface area (Å²) in [5.74, 6) is 0. The summed E-state index contributed by atoms with van der Waals surface area (Å²) in [6.07, 6.45) is 1.68. The Morgan fingerprint density at radius 2 is 2.33 bits per heavy atom. The van der Waals surface area contributed by atoms with Crippen molar-refractivity contribution in [3.05, 3.63) is 29.1 Å². The topological polar surface area (TPSA) is 52.0 Å². The number of nitrogens with two attached hydrogens (primary N) is 1. The number of aromatic nitrogens is 1. The van der Waals surface area contributed by atoms with E-state index in [1.807, 2.05) is 6.07 Å². The Balaban J connectivity index is 2.66. The molecule has 0 bridgehead atoms. The minimum Gasteiger partial charge on any atom is -0.426 e. The summed E-state index contributed by atoms with van der Waals surface area (Å²) in [6.45, 7) is 0.478. The third-order valence-corrected chi connectivity index (χ3v) is 1.82. The Kier molecular flexibility index (Phi) is 1.75. The standard InChI is InChI=1S/C8H7ClN2O/c9-7-2-6-1-5(3-10)4-11-8(6)12-7/h1-2,4H,3,10H2. The molecule has 0 aliphatic heterocycles. The first-order valence-corrected chi connectivity index (χ1v) is 3.91. The molecule has 12 heavy (non-hydrogen) atoms. The first kappa shape index (κ1) is 7.58. The molecule has 2 aromatic heterocycles. The second-order valence-electron chi connectivity index (χ2n) is 2.49. The summed E-state index contributed by atoms with van der Waals surface area (Å²) in [4.78, 5) is 4.04. The molecular formula is C8H7ClN2O. The normalized spacial score (nSPS) is 10.8. The summed E-state index contributed by atoms with van der Waals surface area (Å²) >= 11 is 5.64.